The van der Waals surface area contributed by atoms with Crippen LogP contribution in [0.5, 0.6) is 0 Å². The molecule has 0 spiro atoms. The van der Waals surface area contributed by atoms with Gasteiger partial charge in [-0.15, -0.1) is 0 Å². The fourth-order valence-electron chi connectivity index (χ4n) is 3.41. The van der Waals surface area contributed by atoms with E-state index in [1.807, 2.05) is 0 Å². The highest BCUT2D eigenvalue weighted by Gasteiger charge is 2.36. The molecular formula is C20H38N3O+. The maximum absolute atomic E-state index is 11.1. The average Bonchev–Trinajstić information content (AvgIpc) is 2.96. The predicted molar refractivity (Wildman–Crippen MR) is 102 cm³/mol. The van der Waals surface area contributed by atoms with Gasteiger partial charge in [-0.2, -0.15) is 0 Å². The zero-order chi connectivity index (χ0) is 17.7. The third-order valence-corrected chi connectivity index (χ3v) is 4.99. The van der Waals surface area contributed by atoms with Gasteiger partial charge in [-0.25, -0.2) is 0 Å². The number of nitrogens with one attached hydrogen (secondary N) is 2. The molecular weight excluding hydrogens is 298 g/mol. The summed E-state index contributed by atoms with van der Waals surface area (Å²) in [4.78, 5) is 11.1. The van der Waals surface area contributed by atoms with Crippen LogP contribution in [0, 0.1) is 0 Å². The Morgan fingerprint density at radius 3 is 2.62 bits per heavy atom. The van der Waals surface area contributed by atoms with Gasteiger partial charge < -0.3 is 10.6 Å². The number of carbonyl (C=O) groups excluding carboxylic acids is 1. The van der Waals surface area contributed by atoms with E-state index in [4.69, 9.17) is 0 Å². The van der Waals surface area contributed by atoms with Crippen molar-refractivity contribution in [3.05, 3.63) is 24.6 Å². The summed E-state index contributed by atoms with van der Waals surface area (Å²) < 4.78 is 0.944. The third kappa shape index (κ3) is 7.52. The first-order valence-corrected chi connectivity index (χ1v) is 9.84. The zero-order valence-electron chi connectivity index (χ0n) is 16.0. The molecule has 0 fully saturated rings. The summed E-state index contributed by atoms with van der Waals surface area (Å²) in [7, 11) is 0. The van der Waals surface area contributed by atoms with Gasteiger partial charge >= 0.3 is 0 Å². The zero-order valence-corrected chi connectivity index (χ0v) is 16.0. The molecule has 2 unspecified atom stereocenters. The van der Waals surface area contributed by atoms with Gasteiger partial charge in [0, 0.05) is 13.3 Å². The molecule has 1 aliphatic rings. The molecule has 0 radical (unpaired) electrons. The van der Waals surface area contributed by atoms with E-state index in [1.54, 1.807) is 6.92 Å². The van der Waals surface area contributed by atoms with Crippen LogP contribution in [0.4, 0.5) is 0 Å². The van der Waals surface area contributed by atoms with Gasteiger partial charge in [0.2, 0.25) is 5.91 Å². The standard InChI is InChI=1S/C20H37N3O/c1-4-6-7-8-9-10-11-12-13-14-20-22-16-18-23(20,5-2)17-15-21-19(3)24/h7-8,16,18,20,22H,4-6,9-15,17H2,1-3H3/p+1/b8-7+. The largest absolute Gasteiger partial charge is 0.351 e. The minimum absolute atomic E-state index is 0.0601. The van der Waals surface area contributed by atoms with Gasteiger partial charge in [0.1, 0.15) is 12.7 Å². The Kier molecular flexibility index (Phi) is 10.5. The SMILES string of the molecule is CCC/C=C/CCCCCCC1NC=C[N+]1(CC)CCNC(C)=O. The van der Waals surface area contributed by atoms with Crippen LogP contribution in [0.1, 0.15) is 72.1 Å². The number of carbonyl (C=O) groups is 1. The van der Waals surface area contributed by atoms with Crippen molar-refractivity contribution in [1.29, 1.82) is 0 Å². The molecule has 2 N–H and O–H groups in total. The van der Waals surface area contributed by atoms with Gasteiger partial charge in [-0.3, -0.25) is 9.28 Å². The van der Waals surface area contributed by atoms with E-state index in [0.29, 0.717) is 6.17 Å². The predicted octanol–water partition coefficient (Wildman–Crippen LogP) is 4.06. The van der Waals surface area contributed by atoms with Crippen molar-refractivity contribution in [2.75, 3.05) is 19.6 Å². The first kappa shape index (κ1) is 20.8. The lowest BCUT2D eigenvalue weighted by molar-refractivity contribution is -0.898. The number of rotatable bonds is 13. The van der Waals surface area contributed by atoms with Crippen molar-refractivity contribution < 1.29 is 9.28 Å². The molecule has 0 aromatic rings. The summed E-state index contributed by atoms with van der Waals surface area (Å²) in [6, 6.07) is 0. The Balaban J connectivity index is 2.21. The van der Waals surface area contributed by atoms with Crippen molar-refractivity contribution in [3.8, 4) is 0 Å². The molecule has 0 bridgehead atoms. The van der Waals surface area contributed by atoms with Crippen LogP contribution in [0.25, 0.3) is 0 Å². The topological polar surface area (TPSA) is 41.1 Å². The van der Waals surface area contributed by atoms with Crippen molar-refractivity contribution in [2.45, 2.75) is 78.3 Å². The van der Waals surface area contributed by atoms with E-state index < -0.39 is 0 Å². The van der Waals surface area contributed by atoms with E-state index in [0.717, 1.165) is 24.1 Å². The number of allylic oxidation sites excluding steroid dienone is 2. The Morgan fingerprint density at radius 1 is 1.17 bits per heavy atom. The molecule has 138 valence electrons. The molecule has 0 aliphatic carbocycles. The average molecular weight is 337 g/mol. The maximum atomic E-state index is 11.1. The van der Waals surface area contributed by atoms with Crippen molar-refractivity contribution in [3.63, 3.8) is 0 Å². The second-order valence-electron chi connectivity index (χ2n) is 6.88. The number of likely N-dealkylation sites (N-methyl/N-ethyl adjacent to an activating group) is 1. The summed E-state index contributed by atoms with van der Waals surface area (Å²) in [5, 5.41) is 6.46. The molecule has 2 atom stereocenters. The molecule has 4 heteroatoms. The molecule has 1 amide bonds. The van der Waals surface area contributed by atoms with Crippen molar-refractivity contribution in [2.24, 2.45) is 0 Å². The monoisotopic (exact) mass is 336 g/mol. The molecule has 0 saturated heterocycles. The van der Waals surface area contributed by atoms with Crippen LogP contribution < -0.4 is 10.6 Å². The van der Waals surface area contributed by atoms with Crippen molar-refractivity contribution >= 4 is 5.91 Å². The van der Waals surface area contributed by atoms with Gasteiger partial charge in [-0.05, 0) is 32.6 Å². The lowest BCUT2D eigenvalue weighted by atomic mass is 10.1. The summed E-state index contributed by atoms with van der Waals surface area (Å²) in [6.07, 6.45) is 19.6. The Bertz CT molecular complexity index is 406. The third-order valence-electron chi connectivity index (χ3n) is 4.99. The highest BCUT2D eigenvalue weighted by atomic mass is 16.1. The number of unbranched alkanes of at least 4 members (excludes halogenated alkanes) is 5. The van der Waals surface area contributed by atoms with Crippen LogP contribution >= 0.6 is 0 Å². The number of hydrogen-bond acceptors (Lipinski definition) is 2. The molecule has 0 aromatic heterocycles. The van der Waals surface area contributed by atoms with Crippen LogP contribution in [0.3, 0.4) is 0 Å². The molecule has 1 heterocycles. The van der Waals surface area contributed by atoms with E-state index in [9.17, 15) is 4.79 Å². The van der Waals surface area contributed by atoms with Crippen molar-refractivity contribution in [1.82, 2.24) is 10.6 Å². The van der Waals surface area contributed by atoms with Gasteiger partial charge in [0.25, 0.3) is 0 Å². The number of amides is 1. The summed E-state index contributed by atoms with van der Waals surface area (Å²) in [6.45, 7) is 8.82. The number of quaternary nitrogens is 1. The lowest BCUT2D eigenvalue weighted by Gasteiger charge is -2.37. The summed E-state index contributed by atoms with van der Waals surface area (Å²) in [5.74, 6) is 0.0601. The van der Waals surface area contributed by atoms with E-state index in [1.165, 1.54) is 51.4 Å². The maximum Gasteiger partial charge on any atom is 0.217 e. The second kappa shape index (κ2) is 12.1. The fraction of sp³-hybridized carbons (Fsp3) is 0.750. The van der Waals surface area contributed by atoms with E-state index in [2.05, 4.69) is 49.0 Å². The molecule has 24 heavy (non-hydrogen) atoms. The highest BCUT2D eigenvalue weighted by Crippen LogP contribution is 2.22. The van der Waals surface area contributed by atoms with Gasteiger partial charge in [0.15, 0.2) is 6.17 Å². The minimum Gasteiger partial charge on any atom is -0.351 e. The van der Waals surface area contributed by atoms with E-state index in [-0.39, 0.29) is 5.91 Å². The molecule has 0 saturated carbocycles. The smallest absolute Gasteiger partial charge is 0.217 e. The fourth-order valence-corrected chi connectivity index (χ4v) is 3.41. The van der Waals surface area contributed by atoms with Gasteiger partial charge in [-0.1, -0.05) is 38.3 Å². The molecule has 1 aliphatic heterocycles. The summed E-state index contributed by atoms with van der Waals surface area (Å²) in [5.41, 5.74) is 0. The highest BCUT2D eigenvalue weighted by molar-refractivity contribution is 5.72. The molecule has 1 rings (SSSR count). The second-order valence-corrected chi connectivity index (χ2v) is 6.88. The summed E-state index contributed by atoms with van der Waals surface area (Å²) >= 11 is 0. The number of hydrogen-bond donors (Lipinski definition) is 2. The lowest BCUT2D eigenvalue weighted by Crippen LogP contribution is -2.55. The van der Waals surface area contributed by atoms with E-state index >= 15 is 0 Å². The van der Waals surface area contributed by atoms with Crippen LogP contribution in [0.2, 0.25) is 0 Å². The molecule has 4 nitrogen and oxygen atoms in total. The normalized spacial score (nSPS) is 22.9. The first-order chi connectivity index (χ1) is 11.6. The Hall–Kier alpha value is -1.29. The van der Waals surface area contributed by atoms with Gasteiger partial charge in [0.05, 0.1) is 19.3 Å². The Labute approximate surface area is 149 Å². The van der Waals surface area contributed by atoms with Crippen LogP contribution in [0.15, 0.2) is 24.6 Å². The Morgan fingerprint density at radius 2 is 1.92 bits per heavy atom. The number of nitrogens with zero attached hydrogens (tertiary/aromatic N) is 1. The van der Waals surface area contributed by atoms with Crippen LogP contribution in [-0.4, -0.2) is 36.2 Å². The van der Waals surface area contributed by atoms with Crippen LogP contribution in [-0.2, 0) is 4.79 Å². The quantitative estimate of drug-likeness (QED) is 0.302. The first-order valence-electron chi connectivity index (χ1n) is 9.84. The minimum atomic E-state index is 0.0601. The molecule has 0 aromatic carbocycles.